The Balaban J connectivity index is 2.12. The maximum absolute atomic E-state index is 5.52. The fraction of sp³-hybridized carbons (Fsp3) is 0.538. The predicted molar refractivity (Wildman–Crippen MR) is 62.3 cm³/mol. The summed E-state index contributed by atoms with van der Waals surface area (Å²) in [4.78, 5) is 0. The first-order valence-electron chi connectivity index (χ1n) is 5.45. The van der Waals surface area contributed by atoms with Crippen LogP contribution < -0.4 is 4.74 Å². The monoisotopic (exact) mass is 208 g/mol. The third-order valence-electron chi connectivity index (χ3n) is 1.97. The van der Waals surface area contributed by atoms with Crippen molar-refractivity contribution in [3.05, 3.63) is 29.8 Å². The van der Waals surface area contributed by atoms with Crippen molar-refractivity contribution in [1.29, 1.82) is 0 Å². The molecular weight excluding hydrogens is 188 g/mol. The van der Waals surface area contributed by atoms with Gasteiger partial charge in [-0.2, -0.15) is 0 Å². The van der Waals surface area contributed by atoms with Crippen molar-refractivity contribution in [1.82, 2.24) is 0 Å². The van der Waals surface area contributed by atoms with Gasteiger partial charge in [0.2, 0.25) is 0 Å². The van der Waals surface area contributed by atoms with E-state index in [2.05, 4.69) is 20.8 Å². The summed E-state index contributed by atoms with van der Waals surface area (Å²) in [6.07, 6.45) is 0. The molecule has 0 aliphatic rings. The Hall–Kier alpha value is -1.02. The highest BCUT2D eigenvalue weighted by Crippen LogP contribution is 2.10. The van der Waals surface area contributed by atoms with Gasteiger partial charge in [0.1, 0.15) is 12.4 Å². The molecule has 0 saturated carbocycles. The number of benzene rings is 1. The molecule has 0 aliphatic heterocycles. The summed E-state index contributed by atoms with van der Waals surface area (Å²) >= 11 is 0. The summed E-state index contributed by atoms with van der Waals surface area (Å²) in [5.74, 6) is 1.50. The summed E-state index contributed by atoms with van der Waals surface area (Å²) in [6, 6.07) is 8.06. The molecule has 2 heteroatoms. The quantitative estimate of drug-likeness (QED) is 0.669. The summed E-state index contributed by atoms with van der Waals surface area (Å²) in [7, 11) is 0. The van der Waals surface area contributed by atoms with E-state index in [1.807, 2.05) is 24.3 Å². The lowest BCUT2D eigenvalue weighted by atomic mass is 10.2. The first-order chi connectivity index (χ1) is 7.18. The van der Waals surface area contributed by atoms with E-state index >= 15 is 0 Å². The van der Waals surface area contributed by atoms with Crippen molar-refractivity contribution in [2.45, 2.75) is 20.8 Å². The molecule has 0 fully saturated rings. The molecule has 1 rings (SSSR count). The summed E-state index contributed by atoms with van der Waals surface area (Å²) in [5, 5.41) is 0. The summed E-state index contributed by atoms with van der Waals surface area (Å²) in [5.41, 5.74) is 1.25. The maximum Gasteiger partial charge on any atom is 0.119 e. The molecule has 0 N–H and O–H groups in total. The third kappa shape index (κ3) is 5.43. The topological polar surface area (TPSA) is 18.5 Å². The van der Waals surface area contributed by atoms with Gasteiger partial charge in [-0.25, -0.2) is 0 Å². The second-order valence-electron chi connectivity index (χ2n) is 4.13. The Morgan fingerprint density at radius 3 is 2.33 bits per heavy atom. The van der Waals surface area contributed by atoms with Crippen LogP contribution in [0.3, 0.4) is 0 Å². The molecule has 0 heterocycles. The Morgan fingerprint density at radius 2 is 1.73 bits per heavy atom. The summed E-state index contributed by atoms with van der Waals surface area (Å²) < 4.78 is 10.9. The van der Waals surface area contributed by atoms with Gasteiger partial charge >= 0.3 is 0 Å². The standard InChI is InChI=1S/C13H20O2/c1-11(2)10-14-8-9-15-13-6-4-12(3)5-7-13/h4-7,11H,8-10H2,1-3H3. The fourth-order valence-electron chi connectivity index (χ4n) is 1.17. The van der Waals surface area contributed by atoms with Crippen molar-refractivity contribution >= 4 is 0 Å². The lowest BCUT2D eigenvalue weighted by molar-refractivity contribution is 0.0819. The summed E-state index contributed by atoms with van der Waals surface area (Å²) in [6.45, 7) is 8.43. The molecule has 84 valence electrons. The Labute approximate surface area is 92.2 Å². The molecular formula is C13H20O2. The average Bonchev–Trinajstić information content (AvgIpc) is 2.20. The fourth-order valence-corrected chi connectivity index (χ4v) is 1.17. The van der Waals surface area contributed by atoms with Crippen LogP contribution in [0.4, 0.5) is 0 Å². The first-order valence-corrected chi connectivity index (χ1v) is 5.45. The van der Waals surface area contributed by atoms with Gasteiger partial charge in [-0.3, -0.25) is 0 Å². The highest BCUT2D eigenvalue weighted by molar-refractivity contribution is 5.26. The molecule has 0 radical (unpaired) electrons. The van der Waals surface area contributed by atoms with Gasteiger partial charge in [0.05, 0.1) is 6.61 Å². The largest absolute Gasteiger partial charge is 0.491 e. The van der Waals surface area contributed by atoms with Gasteiger partial charge in [0.15, 0.2) is 0 Å². The zero-order valence-electron chi connectivity index (χ0n) is 9.82. The van der Waals surface area contributed by atoms with Gasteiger partial charge in [0, 0.05) is 6.61 Å². The SMILES string of the molecule is Cc1ccc(OCCOCC(C)C)cc1. The lowest BCUT2D eigenvalue weighted by Gasteiger charge is -2.08. The van der Waals surface area contributed by atoms with Crippen LogP contribution in [0.2, 0.25) is 0 Å². The second-order valence-corrected chi connectivity index (χ2v) is 4.13. The van der Waals surface area contributed by atoms with E-state index in [0.717, 1.165) is 12.4 Å². The minimum absolute atomic E-state index is 0.587. The van der Waals surface area contributed by atoms with Crippen LogP contribution in [0.5, 0.6) is 5.75 Å². The van der Waals surface area contributed by atoms with Crippen LogP contribution in [0.1, 0.15) is 19.4 Å². The van der Waals surface area contributed by atoms with E-state index in [1.165, 1.54) is 5.56 Å². The van der Waals surface area contributed by atoms with Crippen LogP contribution in [0.25, 0.3) is 0 Å². The van der Waals surface area contributed by atoms with Crippen LogP contribution >= 0.6 is 0 Å². The Bertz CT molecular complexity index is 264. The van der Waals surface area contributed by atoms with Gasteiger partial charge in [-0.15, -0.1) is 0 Å². The molecule has 0 saturated heterocycles. The minimum Gasteiger partial charge on any atom is -0.491 e. The number of hydrogen-bond acceptors (Lipinski definition) is 2. The van der Waals surface area contributed by atoms with E-state index in [9.17, 15) is 0 Å². The van der Waals surface area contributed by atoms with E-state index in [0.29, 0.717) is 19.1 Å². The number of aryl methyl sites for hydroxylation is 1. The molecule has 0 unspecified atom stereocenters. The van der Waals surface area contributed by atoms with Gasteiger partial charge in [0.25, 0.3) is 0 Å². The zero-order valence-corrected chi connectivity index (χ0v) is 9.82. The van der Waals surface area contributed by atoms with Crippen LogP contribution in [0, 0.1) is 12.8 Å². The predicted octanol–water partition coefficient (Wildman–Crippen LogP) is 3.05. The number of rotatable bonds is 6. The molecule has 0 aliphatic carbocycles. The average molecular weight is 208 g/mol. The highest BCUT2D eigenvalue weighted by atomic mass is 16.5. The molecule has 1 aromatic carbocycles. The second kappa shape index (κ2) is 6.46. The zero-order chi connectivity index (χ0) is 11.1. The molecule has 1 aromatic rings. The maximum atomic E-state index is 5.52. The smallest absolute Gasteiger partial charge is 0.119 e. The molecule has 0 atom stereocenters. The molecule has 0 amide bonds. The molecule has 15 heavy (non-hydrogen) atoms. The van der Waals surface area contributed by atoms with Gasteiger partial charge in [-0.05, 0) is 25.0 Å². The number of hydrogen-bond donors (Lipinski definition) is 0. The van der Waals surface area contributed by atoms with E-state index in [1.54, 1.807) is 0 Å². The van der Waals surface area contributed by atoms with Gasteiger partial charge in [-0.1, -0.05) is 31.5 Å². The van der Waals surface area contributed by atoms with Crippen molar-refractivity contribution in [3.63, 3.8) is 0 Å². The lowest BCUT2D eigenvalue weighted by Crippen LogP contribution is -2.10. The highest BCUT2D eigenvalue weighted by Gasteiger charge is 1.95. The van der Waals surface area contributed by atoms with Crippen LogP contribution in [-0.2, 0) is 4.74 Å². The first kappa shape index (κ1) is 12.1. The van der Waals surface area contributed by atoms with Crippen molar-refractivity contribution < 1.29 is 9.47 Å². The number of ether oxygens (including phenoxy) is 2. The van der Waals surface area contributed by atoms with Crippen LogP contribution in [-0.4, -0.2) is 19.8 Å². The minimum atomic E-state index is 0.587. The molecule has 2 nitrogen and oxygen atoms in total. The normalized spacial score (nSPS) is 10.7. The van der Waals surface area contributed by atoms with E-state index < -0.39 is 0 Å². The Kier molecular flexibility index (Phi) is 5.19. The van der Waals surface area contributed by atoms with E-state index in [-0.39, 0.29) is 0 Å². The van der Waals surface area contributed by atoms with Gasteiger partial charge < -0.3 is 9.47 Å². The third-order valence-corrected chi connectivity index (χ3v) is 1.97. The molecule has 0 bridgehead atoms. The van der Waals surface area contributed by atoms with Crippen molar-refractivity contribution in [3.8, 4) is 5.75 Å². The van der Waals surface area contributed by atoms with Crippen LogP contribution in [0.15, 0.2) is 24.3 Å². The van der Waals surface area contributed by atoms with Crippen molar-refractivity contribution in [2.75, 3.05) is 19.8 Å². The molecule has 0 aromatic heterocycles. The van der Waals surface area contributed by atoms with Crippen molar-refractivity contribution in [2.24, 2.45) is 5.92 Å². The molecule has 0 spiro atoms. The Morgan fingerprint density at radius 1 is 1.07 bits per heavy atom. The van der Waals surface area contributed by atoms with E-state index in [4.69, 9.17) is 9.47 Å².